The van der Waals surface area contributed by atoms with Crippen LogP contribution >= 0.6 is 11.6 Å². The van der Waals surface area contributed by atoms with E-state index in [4.69, 9.17) is 32.1 Å². The fourth-order valence-corrected chi connectivity index (χ4v) is 1.78. The van der Waals surface area contributed by atoms with E-state index in [1.165, 1.54) is 6.92 Å². The number of aliphatic hydroxyl groups is 2. The van der Waals surface area contributed by atoms with Crippen LogP contribution in [0.5, 0.6) is 0 Å². The molecule has 0 bridgehead atoms. The van der Waals surface area contributed by atoms with Crippen molar-refractivity contribution in [1.82, 2.24) is 10.8 Å². The van der Waals surface area contributed by atoms with Crippen LogP contribution in [0.1, 0.15) is 6.92 Å². The average Bonchev–Trinajstić information content (AvgIpc) is 2.60. The van der Waals surface area contributed by atoms with Crippen LogP contribution in [0.2, 0.25) is 0 Å². The third kappa shape index (κ3) is 3.39. The molecular weight excluding hydrogens is 280 g/mol. The van der Waals surface area contributed by atoms with Gasteiger partial charge in [0.1, 0.15) is 17.1 Å². The Kier molecular flexibility index (Phi) is 5.20. The van der Waals surface area contributed by atoms with Crippen molar-refractivity contribution in [3.05, 3.63) is 0 Å². The molecule has 0 aromatic rings. The molecule has 1 heterocycles. The van der Waals surface area contributed by atoms with Crippen LogP contribution in [0.25, 0.3) is 0 Å². The molecule has 9 nitrogen and oxygen atoms in total. The number of hydrogen-bond donors (Lipinski definition) is 6. The highest BCUT2D eigenvalue weighted by Gasteiger charge is 2.52. The summed E-state index contributed by atoms with van der Waals surface area (Å²) in [4.78, 5) is 13.4. The molecule has 19 heavy (non-hydrogen) atoms. The zero-order valence-corrected chi connectivity index (χ0v) is 10.8. The number of rotatable bonds is 3. The quantitative estimate of drug-likeness (QED) is 0.156. The first-order valence-electron chi connectivity index (χ1n) is 5.29. The first kappa shape index (κ1) is 15.8. The first-order chi connectivity index (χ1) is 8.86. The predicted molar refractivity (Wildman–Crippen MR) is 65.3 cm³/mol. The number of hydroxylamine groups is 1. The van der Waals surface area contributed by atoms with Crippen molar-refractivity contribution in [3.8, 4) is 0 Å². The lowest BCUT2D eigenvalue weighted by Gasteiger charge is -2.23. The molecule has 1 amide bonds. The summed E-state index contributed by atoms with van der Waals surface area (Å²) < 4.78 is 5.21. The van der Waals surface area contributed by atoms with Gasteiger partial charge < -0.3 is 20.4 Å². The lowest BCUT2D eigenvalue weighted by molar-refractivity contribution is -0.113. The summed E-state index contributed by atoms with van der Waals surface area (Å²) in [6, 6.07) is 0. The lowest BCUT2D eigenvalue weighted by Crippen LogP contribution is -2.44. The van der Waals surface area contributed by atoms with E-state index in [2.05, 4.69) is 10.3 Å². The summed E-state index contributed by atoms with van der Waals surface area (Å²) in [5, 5.41) is 36.4. The van der Waals surface area contributed by atoms with E-state index < -0.39 is 41.8 Å². The largest absolute Gasteiger partial charge is 0.394 e. The molecule has 0 aromatic carbocycles. The van der Waals surface area contributed by atoms with Crippen molar-refractivity contribution in [2.75, 3.05) is 6.61 Å². The molecule has 0 aromatic heterocycles. The Morgan fingerprint density at radius 1 is 1.68 bits per heavy atom. The number of alkyl halides is 1. The number of ether oxygens (including phenoxy) is 1. The summed E-state index contributed by atoms with van der Waals surface area (Å²) >= 11 is 6.07. The van der Waals surface area contributed by atoms with Crippen molar-refractivity contribution in [3.63, 3.8) is 0 Å². The molecule has 0 unspecified atom stereocenters. The van der Waals surface area contributed by atoms with Gasteiger partial charge in [0, 0.05) is 0 Å². The van der Waals surface area contributed by atoms with E-state index in [0.29, 0.717) is 6.21 Å². The average molecular weight is 295 g/mol. The van der Waals surface area contributed by atoms with Crippen LogP contribution in [0.3, 0.4) is 0 Å². The van der Waals surface area contributed by atoms with E-state index in [1.54, 1.807) is 5.48 Å². The van der Waals surface area contributed by atoms with Gasteiger partial charge in [-0.2, -0.15) is 0 Å². The number of hydrogen-bond acceptors (Lipinski definition) is 7. The fourth-order valence-electron chi connectivity index (χ4n) is 1.54. The summed E-state index contributed by atoms with van der Waals surface area (Å²) in [6.07, 6.45) is -2.73. The minimum absolute atomic E-state index is 0.392. The standard InChI is InChI=1S/C9H15ClN4O5/c1-9(10)6(17)4(3-15)19-7(9)13-8(14-18)12-5(16)2-11/h2,4,6-7,11,15,17-18H,3H2,1H3,(H2,12,13,14,16)/t4-,6-,7-,9-/m1/s1. The first-order valence-corrected chi connectivity index (χ1v) is 5.67. The molecule has 0 radical (unpaired) electrons. The van der Waals surface area contributed by atoms with E-state index >= 15 is 0 Å². The molecule has 0 aliphatic carbocycles. The minimum atomic E-state index is -1.34. The van der Waals surface area contributed by atoms with Crippen LogP contribution in [0, 0.1) is 5.41 Å². The highest BCUT2D eigenvalue weighted by atomic mass is 35.5. The number of aliphatic imine (C=N–C) groups is 1. The highest BCUT2D eigenvalue weighted by molar-refractivity contribution is 6.29. The smallest absolute Gasteiger partial charge is 0.268 e. The molecule has 4 atom stereocenters. The van der Waals surface area contributed by atoms with Gasteiger partial charge >= 0.3 is 0 Å². The number of halogens is 1. The third-order valence-electron chi connectivity index (χ3n) is 2.62. The summed E-state index contributed by atoms with van der Waals surface area (Å²) in [5.74, 6) is -1.22. The SMILES string of the molecule is C[C@]1(Cl)[C@H](N=C(NO)NC(=O)C=N)O[C@H](CO)[C@H]1O. The zero-order chi connectivity index (χ0) is 14.6. The molecule has 1 saturated heterocycles. The maximum Gasteiger partial charge on any atom is 0.268 e. The lowest BCUT2D eigenvalue weighted by atomic mass is 10.0. The Bertz CT molecular complexity index is 389. The summed E-state index contributed by atoms with van der Waals surface area (Å²) in [6.45, 7) is 0.987. The molecule has 1 rings (SSSR count). The van der Waals surface area contributed by atoms with Gasteiger partial charge in [-0.15, -0.1) is 11.6 Å². The van der Waals surface area contributed by atoms with Crippen LogP contribution in [-0.2, 0) is 9.53 Å². The molecule has 0 saturated carbocycles. The van der Waals surface area contributed by atoms with Gasteiger partial charge in [0.05, 0.1) is 12.8 Å². The number of nitrogens with one attached hydrogen (secondary N) is 3. The fraction of sp³-hybridized carbons (Fsp3) is 0.667. The molecule has 108 valence electrons. The maximum atomic E-state index is 11.0. The van der Waals surface area contributed by atoms with E-state index in [1.807, 2.05) is 0 Å². The molecule has 6 N–H and O–H groups in total. The minimum Gasteiger partial charge on any atom is -0.394 e. The Labute approximate surface area is 113 Å². The van der Waals surface area contributed by atoms with Crippen molar-refractivity contribution < 1.29 is 25.0 Å². The van der Waals surface area contributed by atoms with Gasteiger partial charge in [0.15, 0.2) is 6.23 Å². The maximum absolute atomic E-state index is 11.0. The van der Waals surface area contributed by atoms with Gasteiger partial charge in [0.2, 0.25) is 5.96 Å². The van der Waals surface area contributed by atoms with Crippen LogP contribution in [0.15, 0.2) is 4.99 Å². The molecule has 1 fully saturated rings. The number of amides is 1. The Balaban J connectivity index is 2.89. The Morgan fingerprint density at radius 2 is 2.32 bits per heavy atom. The molecule has 1 aliphatic rings. The number of nitrogens with zero attached hydrogens (tertiary/aromatic N) is 1. The number of guanidine groups is 1. The molecule has 0 spiro atoms. The highest BCUT2D eigenvalue weighted by Crippen LogP contribution is 2.37. The predicted octanol–water partition coefficient (Wildman–Crippen LogP) is -1.84. The van der Waals surface area contributed by atoms with Crippen LogP contribution in [0.4, 0.5) is 0 Å². The monoisotopic (exact) mass is 294 g/mol. The Hall–Kier alpha value is -1.26. The van der Waals surface area contributed by atoms with E-state index in [9.17, 15) is 9.90 Å². The second-order valence-electron chi connectivity index (χ2n) is 4.03. The third-order valence-corrected chi connectivity index (χ3v) is 3.03. The summed E-state index contributed by atoms with van der Waals surface area (Å²) in [7, 11) is 0. The number of carbonyl (C=O) groups is 1. The number of aliphatic hydroxyl groups excluding tert-OH is 2. The Morgan fingerprint density at radius 3 is 2.74 bits per heavy atom. The topological polar surface area (TPSA) is 147 Å². The molecule has 1 aliphatic heterocycles. The second-order valence-corrected chi connectivity index (χ2v) is 4.84. The van der Waals surface area contributed by atoms with Crippen molar-refractivity contribution in [2.24, 2.45) is 4.99 Å². The molecular formula is C9H15ClN4O5. The normalized spacial score (nSPS) is 35.0. The van der Waals surface area contributed by atoms with Gasteiger partial charge in [0.25, 0.3) is 5.91 Å². The van der Waals surface area contributed by atoms with Gasteiger partial charge in [-0.3, -0.25) is 15.3 Å². The van der Waals surface area contributed by atoms with E-state index in [0.717, 1.165) is 0 Å². The van der Waals surface area contributed by atoms with Gasteiger partial charge in [-0.05, 0) is 6.92 Å². The zero-order valence-electron chi connectivity index (χ0n) is 10.00. The van der Waals surface area contributed by atoms with Crippen molar-refractivity contribution >= 4 is 29.7 Å². The second kappa shape index (κ2) is 6.26. The van der Waals surface area contributed by atoms with Crippen molar-refractivity contribution in [1.29, 1.82) is 5.41 Å². The van der Waals surface area contributed by atoms with Crippen LogP contribution < -0.4 is 10.8 Å². The van der Waals surface area contributed by atoms with Gasteiger partial charge in [-0.25, -0.2) is 10.5 Å². The van der Waals surface area contributed by atoms with Crippen LogP contribution in [-0.4, -0.2) is 63.4 Å². The van der Waals surface area contributed by atoms with E-state index in [-0.39, 0.29) is 0 Å². The summed E-state index contributed by atoms with van der Waals surface area (Å²) in [5.41, 5.74) is 1.61. The van der Waals surface area contributed by atoms with Crippen molar-refractivity contribution in [2.45, 2.75) is 30.2 Å². The number of carbonyl (C=O) groups excluding carboxylic acids is 1. The molecule has 10 heteroatoms. The van der Waals surface area contributed by atoms with Gasteiger partial charge in [-0.1, -0.05) is 0 Å².